The molecule has 0 N–H and O–H groups in total. The molecule has 1 aromatic heterocycles. The van der Waals surface area contributed by atoms with Crippen molar-refractivity contribution >= 4 is 16.8 Å². The predicted octanol–water partition coefficient (Wildman–Crippen LogP) is 4.34. The molecule has 158 valence electrons. The lowest BCUT2D eigenvalue weighted by molar-refractivity contribution is 0.0732. The summed E-state index contributed by atoms with van der Waals surface area (Å²) in [5.41, 5.74) is 3.03. The van der Waals surface area contributed by atoms with Crippen molar-refractivity contribution in [3.05, 3.63) is 71.7 Å². The molecule has 1 unspecified atom stereocenters. The third-order valence-electron chi connectivity index (χ3n) is 6.24. The number of fused-ring (bicyclic) bond motifs is 1. The Labute approximate surface area is 177 Å². The molecule has 0 radical (unpaired) electrons. The molecule has 1 amide bonds. The monoisotopic (exact) mass is 407 g/mol. The van der Waals surface area contributed by atoms with Gasteiger partial charge in [-0.2, -0.15) is 0 Å². The Bertz CT molecular complexity index is 1010. The van der Waals surface area contributed by atoms with E-state index in [4.69, 9.17) is 0 Å². The van der Waals surface area contributed by atoms with E-state index >= 15 is 0 Å². The summed E-state index contributed by atoms with van der Waals surface area (Å²) in [6.45, 7) is 3.85. The van der Waals surface area contributed by atoms with Crippen molar-refractivity contribution < 1.29 is 9.18 Å². The maximum atomic E-state index is 13.1. The number of likely N-dealkylation sites (tertiary alicyclic amines) is 1. The van der Waals surface area contributed by atoms with Crippen LogP contribution in [0.3, 0.4) is 0 Å². The van der Waals surface area contributed by atoms with E-state index in [1.54, 1.807) is 0 Å². The highest BCUT2D eigenvalue weighted by Crippen LogP contribution is 2.23. The Balaban J connectivity index is 1.35. The van der Waals surface area contributed by atoms with E-state index in [9.17, 15) is 9.18 Å². The second-order valence-electron chi connectivity index (χ2n) is 8.54. The molecule has 0 bridgehead atoms. The number of hydrogen-bond donors (Lipinski definition) is 0. The van der Waals surface area contributed by atoms with Crippen molar-refractivity contribution in [2.24, 2.45) is 13.0 Å². The van der Waals surface area contributed by atoms with Gasteiger partial charge in [0.25, 0.3) is 5.91 Å². The zero-order valence-corrected chi connectivity index (χ0v) is 17.9. The molecular weight excluding hydrogens is 377 g/mol. The van der Waals surface area contributed by atoms with Crippen LogP contribution < -0.4 is 0 Å². The predicted molar refractivity (Wildman–Crippen MR) is 119 cm³/mol. The van der Waals surface area contributed by atoms with Crippen molar-refractivity contribution in [1.82, 2.24) is 14.4 Å². The fourth-order valence-electron chi connectivity index (χ4n) is 4.63. The van der Waals surface area contributed by atoms with Gasteiger partial charge in [-0.05, 0) is 55.5 Å². The highest BCUT2D eigenvalue weighted by molar-refractivity contribution is 6.06. The zero-order valence-electron chi connectivity index (χ0n) is 17.9. The summed E-state index contributed by atoms with van der Waals surface area (Å²) in [6, 6.07) is 14.9. The molecule has 0 aliphatic carbocycles. The number of hydrogen-bond acceptors (Lipinski definition) is 2. The summed E-state index contributed by atoms with van der Waals surface area (Å²) in [4.78, 5) is 17.5. The molecule has 1 fully saturated rings. The third kappa shape index (κ3) is 4.57. The van der Waals surface area contributed by atoms with Crippen molar-refractivity contribution in [2.45, 2.75) is 19.3 Å². The van der Waals surface area contributed by atoms with E-state index in [2.05, 4.69) is 4.90 Å². The molecule has 2 heterocycles. The Morgan fingerprint density at radius 3 is 2.73 bits per heavy atom. The fraction of sp³-hybridized carbons (Fsp3) is 0.400. The van der Waals surface area contributed by atoms with Crippen LogP contribution >= 0.6 is 0 Å². The second kappa shape index (κ2) is 9.00. The first-order chi connectivity index (χ1) is 14.5. The fourth-order valence-corrected chi connectivity index (χ4v) is 4.63. The molecule has 1 aliphatic heterocycles. The van der Waals surface area contributed by atoms with Gasteiger partial charge in [-0.1, -0.05) is 30.3 Å². The molecule has 1 aliphatic rings. The molecule has 4 nitrogen and oxygen atoms in total. The standard InChI is InChI=1S/C25H30FN3O/c1-27-18-23(22-7-3-4-8-24(22)27)25(30)28(2)16-20-6-5-14-29(17-20)15-13-19-9-11-21(26)12-10-19/h3-4,7-12,18,20H,5-6,13-17H2,1-2H3. The molecule has 4 rings (SSSR count). The van der Waals surface area contributed by atoms with E-state index < -0.39 is 0 Å². The number of halogens is 1. The van der Waals surface area contributed by atoms with E-state index in [0.29, 0.717) is 5.92 Å². The van der Waals surface area contributed by atoms with Crippen molar-refractivity contribution in [3.8, 4) is 0 Å². The smallest absolute Gasteiger partial charge is 0.255 e. The number of aromatic nitrogens is 1. The third-order valence-corrected chi connectivity index (χ3v) is 6.24. The van der Waals surface area contributed by atoms with Crippen LogP contribution in [0.4, 0.5) is 4.39 Å². The number of carbonyl (C=O) groups is 1. The van der Waals surface area contributed by atoms with Crippen LogP contribution in [0.1, 0.15) is 28.8 Å². The molecule has 30 heavy (non-hydrogen) atoms. The molecule has 1 saturated heterocycles. The molecule has 3 aromatic rings. The number of para-hydroxylation sites is 1. The first kappa shape index (κ1) is 20.6. The maximum absolute atomic E-state index is 13.1. The van der Waals surface area contributed by atoms with Gasteiger partial charge in [0.05, 0.1) is 5.56 Å². The van der Waals surface area contributed by atoms with Crippen LogP contribution in [0.5, 0.6) is 0 Å². The van der Waals surface area contributed by atoms with E-state index in [-0.39, 0.29) is 11.7 Å². The minimum atomic E-state index is -0.185. The van der Waals surface area contributed by atoms with Crippen molar-refractivity contribution in [2.75, 3.05) is 33.2 Å². The minimum absolute atomic E-state index is 0.0928. The van der Waals surface area contributed by atoms with Crippen LogP contribution in [0.15, 0.2) is 54.7 Å². The van der Waals surface area contributed by atoms with Gasteiger partial charge in [0.2, 0.25) is 0 Å². The average Bonchev–Trinajstić information content (AvgIpc) is 3.10. The van der Waals surface area contributed by atoms with Gasteiger partial charge in [0.15, 0.2) is 0 Å². The number of benzene rings is 2. The lowest BCUT2D eigenvalue weighted by atomic mass is 9.96. The summed E-state index contributed by atoms with van der Waals surface area (Å²) in [7, 11) is 3.90. The summed E-state index contributed by atoms with van der Waals surface area (Å²) in [5.74, 6) is 0.391. The van der Waals surface area contributed by atoms with Crippen molar-refractivity contribution in [1.29, 1.82) is 0 Å². The number of nitrogens with zero attached hydrogens (tertiary/aromatic N) is 3. The van der Waals surface area contributed by atoms with Gasteiger partial charge in [-0.25, -0.2) is 4.39 Å². The first-order valence-electron chi connectivity index (χ1n) is 10.8. The summed E-state index contributed by atoms with van der Waals surface area (Å²) >= 11 is 0. The highest BCUT2D eigenvalue weighted by Gasteiger charge is 2.24. The number of carbonyl (C=O) groups excluding carboxylic acids is 1. The van der Waals surface area contributed by atoms with Crippen molar-refractivity contribution in [3.63, 3.8) is 0 Å². The lowest BCUT2D eigenvalue weighted by Crippen LogP contribution is -2.42. The molecule has 2 aromatic carbocycles. The van der Waals surface area contributed by atoms with Crippen LogP contribution in [0, 0.1) is 11.7 Å². The highest BCUT2D eigenvalue weighted by atomic mass is 19.1. The molecule has 0 saturated carbocycles. The molecular formula is C25H30FN3O. The molecule has 0 spiro atoms. The Morgan fingerprint density at radius 1 is 1.17 bits per heavy atom. The van der Waals surface area contributed by atoms with Crippen LogP contribution in [-0.4, -0.2) is 53.5 Å². The minimum Gasteiger partial charge on any atom is -0.350 e. The lowest BCUT2D eigenvalue weighted by Gasteiger charge is -2.34. The summed E-state index contributed by atoms with van der Waals surface area (Å²) in [6.07, 6.45) is 5.18. The van der Waals surface area contributed by atoms with E-state index in [1.807, 2.05) is 66.2 Å². The SMILES string of the molecule is CN(CC1CCCN(CCc2ccc(F)cc2)C1)C(=O)c1cn(C)c2ccccc12. The molecule has 1 atom stereocenters. The summed E-state index contributed by atoms with van der Waals surface area (Å²) in [5, 5.41) is 1.02. The Kier molecular flexibility index (Phi) is 6.18. The van der Waals surface area contributed by atoms with Crippen LogP contribution in [0.2, 0.25) is 0 Å². The van der Waals surface area contributed by atoms with Gasteiger partial charge in [-0.3, -0.25) is 4.79 Å². The van der Waals surface area contributed by atoms with Gasteiger partial charge in [0, 0.05) is 50.8 Å². The topological polar surface area (TPSA) is 28.5 Å². The van der Waals surface area contributed by atoms with Crippen LogP contribution in [0.25, 0.3) is 10.9 Å². The number of amides is 1. The summed E-state index contributed by atoms with van der Waals surface area (Å²) < 4.78 is 15.1. The van der Waals surface area contributed by atoms with E-state index in [1.165, 1.54) is 17.7 Å². The number of aryl methyl sites for hydroxylation is 1. The van der Waals surface area contributed by atoms with Gasteiger partial charge in [0.1, 0.15) is 5.82 Å². The number of piperidine rings is 1. The average molecular weight is 408 g/mol. The zero-order chi connectivity index (χ0) is 21.1. The van der Waals surface area contributed by atoms with Gasteiger partial charge < -0.3 is 14.4 Å². The van der Waals surface area contributed by atoms with E-state index in [0.717, 1.165) is 61.9 Å². The van der Waals surface area contributed by atoms with Gasteiger partial charge >= 0.3 is 0 Å². The second-order valence-corrected chi connectivity index (χ2v) is 8.54. The largest absolute Gasteiger partial charge is 0.350 e. The maximum Gasteiger partial charge on any atom is 0.255 e. The Hall–Kier alpha value is -2.66. The quantitative estimate of drug-likeness (QED) is 0.608. The van der Waals surface area contributed by atoms with Crippen LogP contribution in [-0.2, 0) is 13.5 Å². The molecule has 5 heteroatoms. The Morgan fingerprint density at radius 2 is 1.93 bits per heavy atom. The normalized spacial score (nSPS) is 17.4. The number of rotatable bonds is 6. The van der Waals surface area contributed by atoms with Gasteiger partial charge in [-0.15, -0.1) is 0 Å². The first-order valence-corrected chi connectivity index (χ1v) is 10.8.